The van der Waals surface area contributed by atoms with Crippen LogP contribution in [0.2, 0.25) is 0 Å². The summed E-state index contributed by atoms with van der Waals surface area (Å²) >= 11 is 0. The van der Waals surface area contributed by atoms with E-state index in [1.807, 2.05) is 12.1 Å². The van der Waals surface area contributed by atoms with Crippen LogP contribution in [0.5, 0.6) is 0 Å². The third kappa shape index (κ3) is 4.56. The molecular weight excluding hydrogens is 345 g/mol. The lowest BCUT2D eigenvalue weighted by Crippen LogP contribution is -2.33. The third-order valence-electron chi connectivity index (χ3n) is 3.44. The van der Waals surface area contributed by atoms with E-state index in [-0.39, 0.29) is 24.3 Å². The van der Waals surface area contributed by atoms with Crippen LogP contribution in [0.25, 0.3) is 0 Å². The van der Waals surface area contributed by atoms with Crippen LogP contribution in [-0.4, -0.2) is 29.7 Å². The highest BCUT2D eigenvalue weighted by atomic mass is 35.5. The number of hydrogen-bond donors (Lipinski definition) is 2. The first-order chi connectivity index (χ1) is 11.0. The normalized spacial score (nSPS) is 17.9. The molecule has 0 radical (unpaired) electrons. The van der Waals surface area contributed by atoms with Gasteiger partial charge in [-0.05, 0) is 17.7 Å². The van der Waals surface area contributed by atoms with Crippen molar-refractivity contribution < 1.29 is 17.9 Å². The Balaban J connectivity index is 0.00000208. The largest absolute Gasteiger partial charge is 0.433 e. The van der Waals surface area contributed by atoms with Crippen molar-refractivity contribution in [3.05, 3.63) is 47.9 Å². The van der Waals surface area contributed by atoms with Crippen molar-refractivity contribution in [2.45, 2.75) is 12.3 Å². The molecule has 9 heteroatoms. The highest BCUT2D eigenvalue weighted by molar-refractivity contribution is 5.85. The maximum Gasteiger partial charge on any atom is 0.433 e. The molecule has 2 aromatic rings. The number of ether oxygens (including phenoxy) is 1. The summed E-state index contributed by atoms with van der Waals surface area (Å²) in [4.78, 5) is 7.03. The van der Waals surface area contributed by atoms with Gasteiger partial charge in [-0.2, -0.15) is 13.2 Å². The number of hydrogen-bond acceptors (Lipinski definition) is 5. The Bertz CT molecular complexity index is 661. The molecule has 0 amide bonds. The molecule has 0 saturated carbocycles. The Morgan fingerprint density at radius 1 is 1.17 bits per heavy atom. The summed E-state index contributed by atoms with van der Waals surface area (Å²) < 4.78 is 43.5. The molecule has 1 aromatic carbocycles. The number of morpholine rings is 1. The second kappa shape index (κ2) is 7.78. The quantitative estimate of drug-likeness (QED) is 0.879. The molecule has 5 nitrogen and oxygen atoms in total. The molecule has 2 N–H and O–H groups in total. The van der Waals surface area contributed by atoms with E-state index in [2.05, 4.69) is 20.6 Å². The van der Waals surface area contributed by atoms with Crippen molar-refractivity contribution in [3.63, 3.8) is 0 Å². The Hall–Kier alpha value is -1.90. The van der Waals surface area contributed by atoms with Crippen molar-refractivity contribution in [1.29, 1.82) is 0 Å². The Morgan fingerprint density at radius 2 is 1.92 bits per heavy atom. The van der Waals surface area contributed by atoms with E-state index in [9.17, 15) is 13.2 Å². The van der Waals surface area contributed by atoms with Gasteiger partial charge in [0.1, 0.15) is 17.8 Å². The van der Waals surface area contributed by atoms with Crippen LogP contribution in [0, 0.1) is 0 Å². The van der Waals surface area contributed by atoms with E-state index in [1.54, 1.807) is 12.1 Å². The first-order valence-electron chi connectivity index (χ1n) is 7.11. The van der Waals surface area contributed by atoms with Gasteiger partial charge in [0.2, 0.25) is 0 Å². The van der Waals surface area contributed by atoms with E-state index in [0.717, 1.165) is 31.0 Å². The van der Waals surface area contributed by atoms with Gasteiger partial charge < -0.3 is 15.4 Å². The zero-order chi connectivity index (χ0) is 16.3. The molecule has 2 heterocycles. The third-order valence-corrected chi connectivity index (χ3v) is 3.44. The van der Waals surface area contributed by atoms with Gasteiger partial charge in [0.15, 0.2) is 0 Å². The monoisotopic (exact) mass is 360 g/mol. The minimum Gasteiger partial charge on any atom is -0.371 e. The molecular formula is C15H16ClF3N4O. The minimum absolute atomic E-state index is 0. The number of rotatable bonds is 3. The van der Waals surface area contributed by atoms with Gasteiger partial charge in [0.25, 0.3) is 0 Å². The maximum absolute atomic E-state index is 12.6. The fraction of sp³-hybridized carbons (Fsp3) is 0.333. The maximum atomic E-state index is 12.6. The van der Waals surface area contributed by atoms with Crippen molar-refractivity contribution >= 4 is 23.9 Å². The first kappa shape index (κ1) is 18.4. The van der Waals surface area contributed by atoms with E-state index in [1.165, 1.54) is 0 Å². The first-order valence-corrected chi connectivity index (χ1v) is 7.11. The summed E-state index contributed by atoms with van der Waals surface area (Å²) in [5, 5.41) is 6.08. The van der Waals surface area contributed by atoms with Crippen LogP contribution in [0.3, 0.4) is 0 Å². The summed E-state index contributed by atoms with van der Waals surface area (Å²) in [5.41, 5.74) is 0.680. The molecule has 1 atom stereocenters. The van der Waals surface area contributed by atoms with Gasteiger partial charge in [-0.3, -0.25) is 0 Å². The fourth-order valence-corrected chi connectivity index (χ4v) is 2.29. The van der Waals surface area contributed by atoms with Crippen LogP contribution in [0.1, 0.15) is 17.4 Å². The summed E-state index contributed by atoms with van der Waals surface area (Å²) in [6, 6.07) is 8.20. The van der Waals surface area contributed by atoms with Crippen LogP contribution in [0.15, 0.2) is 36.7 Å². The number of nitrogens with zero attached hydrogens (tertiary/aromatic N) is 2. The standard InChI is InChI=1S/C15H15F3N4O.ClH/c16-15(17,18)13-7-14(21-9-20-13)22-11-3-1-10(2-4-11)12-8-19-5-6-23-12;/h1-4,7,9,12,19H,5-6,8H2,(H,20,21,22);1H. The number of anilines is 2. The van der Waals surface area contributed by atoms with Crippen molar-refractivity contribution in [2.24, 2.45) is 0 Å². The second-order valence-corrected chi connectivity index (χ2v) is 5.10. The Morgan fingerprint density at radius 3 is 2.54 bits per heavy atom. The zero-order valence-electron chi connectivity index (χ0n) is 12.5. The topological polar surface area (TPSA) is 59.1 Å². The summed E-state index contributed by atoms with van der Waals surface area (Å²) in [7, 11) is 0. The molecule has 3 rings (SSSR count). The molecule has 1 aliphatic rings. The molecule has 1 aliphatic heterocycles. The van der Waals surface area contributed by atoms with Crippen molar-refractivity contribution in [1.82, 2.24) is 15.3 Å². The summed E-state index contributed by atoms with van der Waals surface area (Å²) in [6.07, 6.45) is -3.61. The number of halogens is 4. The fourth-order valence-electron chi connectivity index (χ4n) is 2.29. The average molecular weight is 361 g/mol. The number of alkyl halides is 3. The number of benzene rings is 1. The molecule has 130 valence electrons. The highest BCUT2D eigenvalue weighted by Gasteiger charge is 2.32. The molecule has 24 heavy (non-hydrogen) atoms. The van der Waals surface area contributed by atoms with E-state index >= 15 is 0 Å². The van der Waals surface area contributed by atoms with E-state index in [0.29, 0.717) is 12.3 Å². The van der Waals surface area contributed by atoms with Gasteiger partial charge >= 0.3 is 6.18 Å². The van der Waals surface area contributed by atoms with Crippen molar-refractivity contribution in [2.75, 3.05) is 25.0 Å². The summed E-state index contributed by atoms with van der Waals surface area (Å²) in [5.74, 6) is 0.0932. The minimum atomic E-state index is -4.49. The number of nitrogens with one attached hydrogen (secondary N) is 2. The lowest BCUT2D eigenvalue weighted by Gasteiger charge is -2.24. The highest BCUT2D eigenvalue weighted by Crippen LogP contribution is 2.29. The van der Waals surface area contributed by atoms with Gasteiger partial charge in [-0.15, -0.1) is 12.4 Å². The SMILES string of the molecule is Cl.FC(F)(F)c1cc(Nc2ccc(C3CNCCO3)cc2)ncn1. The molecule has 1 aromatic heterocycles. The molecule has 1 fully saturated rings. The lowest BCUT2D eigenvalue weighted by atomic mass is 10.1. The van der Waals surface area contributed by atoms with Gasteiger partial charge in [-0.25, -0.2) is 9.97 Å². The van der Waals surface area contributed by atoms with Crippen LogP contribution in [-0.2, 0) is 10.9 Å². The zero-order valence-corrected chi connectivity index (χ0v) is 13.3. The Labute approximate surface area is 143 Å². The lowest BCUT2D eigenvalue weighted by molar-refractivity contribution is -0.141. The van der Waals surface area contributed by atoms with Crippen molar-refractivity contribution in [3.8, 4) is 0 Å². The molecule has 1 saturated heterocycles. The van der Waals surface area contributed by atoms with Crippen LogP contribution in [0.4, 0.5) is 24.7 Å². The molecule has 1 unspecified atom stereocenters. The second-order valence-electron chi connectivity index (χ2n) is 5.10. The smallest absolute Gasteiger partial charge is 0.371 e. The number of aromatic nitrogens is 2. The Kier molecular flexibility index (Phi) is 5.98. The predicted molar refractivity (Wildman–Crippen MR) is 85.6 cm³/mol. The molecule has 0 spiro atoms. The van der Waals surface area contributed by atoms with Gasteiger partial charge in [-0.1, -0.05) is 12.1 Å². The van der Waals surface area contributed by atoms with Gasteiger partial charge in [0, 0.05) is 24.8 Å². The molecule has 0 bridgehead atoms. The van der Waals surface area contributed by atoms with Crippen LogP contribution >= 0.6 is 12.4 Å². The predicted octanol–water partition coefficient (Wildman–Crippen LogP) is 3.32. The van der Waals surface area contributed by atoms with Gasteiger partial charge in [0.05, 0.1) is 12.7 Å². The molecule has 0 aliphatic carbocycles. The average Bonchev–Trinajstić information content (AvgIpc) is 2.56. The van der Waals surface area contributed by atoms with E-state index in [4.69, 9.17) is 4.74 Å². The van der Waals surface area contributed by atoms with Crippen LogP contribution < -0.4 is 10.6 Å². The summed E-state index contributed by atoms with van der Waals surface area (Å²) in [6.45, 7) is 2.24. The van der Waals surface area contributed by atoms with E-state index < -0.39 is 11.9 Å².